The van der Waals surface area contributed by atoms with Crippen molar-refractivity contribution < 1.29 is 9.94 Å². The molecule has 3 rings (SSSR count). The Morgan fingerprint density at radius 1 is 0.950 bits per heavy atom. The molecule has 0 aromatic heterocycles. The molecule has 1 unspecified atom stereocenters. The van der Waals surface area contributed by atoms with Crippen molar-refractivity contribution in [2.24, 2.45) is 10.9 Å². The van der Waals surface area contributed by atoms with E-state index in [1.54, 1.807) is 0 Å². The normalized spacial score (nSPS) is 13.6. The lowest BCUT2D eigenvalue weighted by molar-refractivity contribution is 0.0450. The minimum absolute atomic E-state index is 0.102. The van der Waals surface area contributed by atoms with Crippen molar-refractivity contribution >= 4 is 5.71 Å². The van der Waals surface area contributed by atoms with Crippen LogP contribution < -0.4 is 5.73 Å². The third-order valence-electron chi connectivity index (χ3n) is 3.35. The average Bonchev–Trinajstić information content (AvgIpc) is 2.82. The van der Waals surface area contributed by atoms with Gasteiger partial charge < -0.3 is 15.7 Å². The molecule has 2 aromatic rings. The van der Waals surface area contributed by atoms with E-state index < -0.39 is 6.10 Å². The number of hydrogen-bond acceptors (Lipinski definition) is 4. The Morgan fingerprint density at radius 2 is 1.45 bits per heavy atom. The van der Waals surface area contributed by atoms with E-state index in [-0.39, 0.29) is 13.2 Å². The summed E-state index contributed by atoms with van der Waals surface area (Å²) in [6.45, 7) is 0.266. The molecule has 20 heavy (non-hydrogen) atoms. The molecule has 4 heteroatoms. The molecule has 0 radical (unpaired) electrons. The number of nitrogens with zero attached hydrogens (tertiary/aromatic N) is 1. The second kappa shape index (κ2) is 5.45. The van der Waals surface area contributed by atoms with E-state index in [9.17, 15) is 5.11 Å². The lowest BCUT2D eigenvalue weighted by Gasteiger charge is -2.06. The molecule has 2 aromatic carbocycles. The molecule has 3 N–H and O–H groups in total. The van der Waals surface area contributed by atoms with Crippen molar-refractivity contribution in [2.45, 2.75) is 6.10 Å². The van der Waals surface area contributed by atoms with Crippen LogP contribution in [-0.4, -0.2) is 30.1 Å². The third kappa shape index (κ3) is 2.19. The molecule has 0 saturated heterocycles. The average molecular weight is 268 g/mol. The van der Waals surface area contributed by atoms with Crippen LogP contribution >= 0.6 is 0 Å². The zero-order valence-corrected chi connectivity index (χ0v) is 11.0. The van der Waals surface area contributed by atoms with Crippen molar-refractivity contribution in [2.75, 3.05) is 13.2 Å². The Kier molecular flexibility index (Phi) is 3.50. The molecular weight excluding hydrogens is 252 g/mol. The second-order valence-electron chi connectivity index (χ2n) is 4.72. The number of fused-ring (bicyclic) bond motifs is 3. The summed E-state index contributed by atoms with van der Waals surface area (Å²) < 4.78 is 0. The quantitative estimate of drug-likeness (QED) is 0.708. The number of rotatable bonds is 4. The van der Waals surface area contributed by atoms with Gasteiger partial charge in [0.15, 0.2) is 0 Å². The Bertz CT molecular complexity index is 605. The number of benzene rings is 2. The highest BCUT2D eigenvalue weighted by molar-refractivity contribution is 6.24. The van der Waals surface area contributed by atoms with Crippen molar-refractivity contribution in [3.8, 4) is 11.1 Å². The summed E-state index contributed by atoms with van der Waals surface area (Å²) in [4.78, 5) is 5.24. The maximum atomic E-state index is 9.40. The van der Waals surface area contributed by atoms with Gasteiger partial charge in [-0.25, -0.2) is 0 Å². The monoisotopic (exact) mass is 268 g/mol. The van der Waals surface area contributed by atoms with E-state index in [1.165, 1.54) is 0 Å². The van der Waals surface area contributed by atoms with E-state index in [0.29, 0.717) is 0 Å². The second-order valence-corrected chi connectivity index (χ2v) is 4.72. The zero-order chi connectivity index (χ0) is 13.9. The maximum absolute atomic E-state index is 9.40. The van der Waals surface area contributed by atoms with Crippen molar-refractivity contribution in [1.82, 2.24) is 0 Å². The molecular formula is C16H16N2O2. The van der Waals surface area contributed by atoms with Crippen molar-refractivity contribution in [3.63, 3.8) is 0 Å². The summed E-state index contributed by atoms with van der Waals surface area (Å²) in [6.07, 6.45) is -0.689. The topological polar surface area (TPSA) is 67.8 Å². The summed E-state index contributed by atoms with van der Waals surface area (Å²) in [5.41, 5.74) is 10.6. The fourth-order valence-electron chi connectivity index (χ4n) is 2.35. The number of aliphatic hydroxyl groups is 1. The van der Waals surface area contributed by atoms with Gasteiger partial charge >= 0.3 is 0 Å². The molecule has 0 heterocycles. The predicted molar refractivity (Wildman–Crippen MR) is 78.5 cm³/mol. The van der Waals surface area contributed by atoms with Crippen LogP contribution in [0.5, 0.6) is 0 Å². The van der Waals surface area contributed by atoms with Gasteiger partial charge in [0.1, 0.15) is 18.4 Å². The van der Waals surface area contributed by atoms with Gasteiger partial charge in [-0.15, -0.1) is 0 Å². The van der Waals surface area contributed by atoms with Gasteiger partial charge in [-0.2, -0.15) is 0 Å². The first-order valence-corrected chi connectivity index (χ1v) is 6.58. The Morgan fingerprint density at radius 3 is 1.95 bits per heavy atom. The SMILES string of the molecule is NCC(O)CON=C1c2ccccc2-c2ccccc21. The summed E-state index contributed by atoms with van der Waals surface area (Å²) in [5.74, 6) is 0. The standard InChI is InChI=1S/C16H16N2O2/c17-9-11(19)10-20-18-16-14-7-3-1-5-12(14)13-6-2-4-8-15(13)16/h1-8,11,19H,9-10,17H2. The van der Waals surface area contributed by atoms with Crippen LogP contribution in [0.15, 0.2) is 53.7 Å². The number of hydrogen-bond donors (Lipinski definition) is 2. The lowest BCUT2D eigenvalue weighted by Crippen LogP contribution is -2.24. The van der Waals surface area contributed by atoms with Crippen molar-refractivity contribution in [3.05, 3.63) is 59.7 Å². The van der Waals surface area contributed by atoms with Crippen LogP contribution in [0.25, 0.3) is 11.1 Å². The minimum atomic E-state index is -0.689. The number of nitrogens with two attached hydrogens (primary N) is 1. The van der Waals surface area contributed by atoms with Gasteiger partial charge in [-0.05, 0) is 11.1 Å². The van der Waals surface area contributed by atoms with E-state index in [2.05, 4.69) is 17.3 Å². The molecule has 0 saturated carbocycles. The van der Waals surface area contributed by atoms with Gasteiger partial charge in [0.2, 0.25) is 0 Å². The summed E-state index contributed by atoms with van der Waals surface area (Å²) in [7, 11) is 0. The Labute approximate surface area is 117 Å². The van der Waals surface area contributed by atoms with Crippen LogP contribution in [0.3, 0.4) is 0 Å². The molecule has 102 valence electrons. The molecule has 0 bridgehead atoms. The van der Waals surface area contributed by atoms with Crippen LogP contribution in [0.2, 0.25) is 0 Å². The highest BCUT2D eigenvalue weighted by atomic mass is 16.6. The molecule has 4 nitrogen and oxygen atoms in total. The van der Waals surface area contributed by atoms with Crippen molar-refractivity contribution in [1.29, 1.82) is 0 Å². The summed E-state index contributed by atoms with van der Waals surface area (Å²) in [5, 5.41) is 13.6. The maximum Gasteiger partial charge on any atom is 0.144 e. The highest BCUT2D eigenvalue weighted by Gasteiger charge is 2.24. The van der Waals surface area contributed by atoms with Crippen LogP contribution in [0.1, 0.15) is 11.1 Å². The first-order chi connectivity index (χ1) is 9.81. The first-order valence-electron chi connectivity index (χ1n) is 6.58. The highest BCUT2D eigenvalue weighted by Crippen LogP contribution is 2.36. The van der Waals surface area contributed by atoms with E-state index in [4.69, 9.17) is 10.6 Å². The molecule has 0 amide bonds. The first kappa shape index (κ1) is 12.8. The molecule has 0 fully saturated rings. The fourth-order valence-corrected chi connectivity index (χ4v) is 2.35. The third-order valence-corrected chi connectivity index (χ3v) is 3.35. The van der Waals surface area contributed by atoms with Gasteiger partial charge in [-0.1, -0.05) is 53.7 Å². The Hall–Kier alpha value is -2.17. The molecule has 1 aliphatic carbocycles. The van der Waals surface area contributed by atoms with Crippen LogP contribution in [0.4, 0.5) is 0 Å². The summed E-state index contributed by atoms with van der Waals surface area (Å²) in [6, 6.07) is 16.2. The number of oxime groups is 1. The minimum Gasteiger partial charge on any atom is -0.392 e. The zero-order valence-electron chi connectivity index (χ0n) is 11.0. The van der Waals surface area contributed by atoms with E-state index in [1.807, 2.05) is 36.4 Å². The molecule has 0 spiro atoms. The van der Waals surface area contributed by atoms with Crippen LogP contribution in [-0.2, 0) is 4.84 Å². The number of aliphatic hydroxyl groups excluding tert-OH is 1. The van der Waals surface area contributed by atoms with Gasteiger partial charge in [0.25, 0.3) is 0 Å². The van der Waals surface area contributed by atoms with Crippen LogP contribution in [0, 0.1) is 0 Å². The predicted octanol–water partition coefficient (Wildman–Crippen LogP) is 1.76. The van der Waals surface area contributed by atoms with Gasteiger partial charge in [0.05, 0.1) is 0 Å². The van der Waals surface area contributed by atoms with Gasteiger partial charge in [0, 0.05) is 17.7 Å². The van der Waals surface area contributed by atoms with E-state index in [0.717, 1.165) is 28.0 Å². The Balaban J connectivity index is 1.97. The van der Waals surface area contributed by atoms with Gasteiger partial charge in [-0.3, -0.25) is 0 Å². The fraction of sp³-hybridized carbons (Fsp3) is 0.188. The lowest BCUT2D eigenvalue weighted by atomic mass is 10.1. The molecule has 0 aliphatic heterocycles. The largest absolute Gasteiger partial charge is 0.392 e. The molecule has 1 atom stereocenters. The van der Waals surface area contributed by atoms with E-state index >= 15 is 0 Å². The smallest absolute Gasteiger partial charge is 0.144 e. The summed E-state index contributed by atoms with van der Waals surface area (Å²) >= 11 is 0. The molecule has 1 aliphatic rings.